The zero-order valence-electron chi connectivity index (χ0n) is 7.22. The summed E-state index contributed by atoms with van der Waals surface area (Å²) in [5, 5.41) is 0. The van der Waals surface area contributed by atoms with Gasteiger partial charge in [-0.2, -0.15) is 0 Å². The van der Waals surface area contributed by atoms with Crippen molar-refractivity contribution in [2.45, 2.75) is 33.6 Å². The van der Waals surface area contributed by atoms with Gasteiger partial charge in [0.2, 0.25) is 0 Å². The quantitative estimate of drug-likeness (QED) is 0.520. The Morgan fingerprint density at radius 1 is 1.40 bits per heavy atom. The first-order valence-electron chi connectivity index (χ1n) is 4.20. The minimum absolute atomic E-state index is 0.848. The molecular formula is C10H17. The van der Waals surface area contributed by atoms with Gasteiger partial charge in [0.25, 0.3) is 0 Å². The molecule has 1 unspecified atom stereocenters. The van der Waals surface area contributed by atoms with Crippen molar-refractivity contribution in [2.75, 3.05) is 0 Å². The van der Waals surface area contributed by atoms with Crippen LogP contribution in [0.25, 0.3) is 0 Å². The minimum Gasteiger partial charge on any atom is -0.0850 e. The van der Waals surface area contributed by atoms with Gasteiger partial charge in [0.1, 0.15) is 0 Å². The largest absolute Gasteiger partial charge is 0.0850 e. The molecule has 0 nitrogen and oxygen atoms in total. The molecule has 0 aliphatic heterocycles. The fourth-order valence-corrected chi connectivity index (χ4v) is 1.40. The standard InChI is InChI=1S/C10H17/c1-8(2)10-6-4-9(3)5-7-10/h4-5,8,10H,6-7H2,1-3H3. The lowest BCUT2D eigenvalue weighted by Gasteiger charge is -2.23. The lowest BCUT2D eigenvalue weighted by Crippen LogP contribution is -2.11. The Morgan fingerprint density at radius 2 is 2.10 bits per heavy atom. The monoisotopic (exact) mass is 137 g/mol. The molecule has 0 N–H and O–H groups in total. The maximum Gasteiger partial charge on any atom is -0.0138 e. The highest BCUT2D eigenvalue weighted by Crippen LogP contribution is 2.27. The molecule has 0 fully saturated rings. The zero-order valence-corrected chi connectivity index (χ0v) is 7.22. The fourth-order valence-electron chi connectivity index (χ4n) is 1.40. The Bertz CT molecular complexity index is 131. The van der Waals surface area contributed by atoms with Crippen LogP contribution in [0.3, 0.4) is 0 Å². The summed E-state index contributed by atoms with van der Waals surface area (Å²) < 4.78 is 0. The Hall–Kier alpha value is -0.260. The van der Waals surface area contributed by atoms with Crippen LogP contribution in [0.2, 0.25) is 0 Å². The van der Waals surface area contributed by atoms with E-state index in [0.717, 1.165) is 11.8 Å². The first kappa shape index (κ1) is 7.84. The second-order valence-corrected chi connectivity index (χ2v) is 3.63. The molecule has 0 saturated carbocycles. The van der Waals surface area contributed by atoms with Crippen molar-refractivity contribution in [1.29, 1.82) is 0 Å². The molecule has 0 saturated heterocycles. The molecule has 0 heteroatoms. The fraction of sp³-hybridized carbons (Fsp3) is 0.700. The molecule has 1 radical (unpaired) electrons. The van der Waals surface area contributed by atoms with Crippen LogP contribution in [0.15, 0.2) is 11.6 Å². The van der Waals surface area contributed by atoms with Crippen LogP contribution in [0.5, 0.6) is 0 Å². The van der Waals surface area contributed by atoms with Crippen LogP contribution in [0, 0.1) is 18.3 Å². The van der Waals surface area contributed by atoms with E-state index in [1.54, 1.807) is 0 Å². The summed E-state index contributed by atoms with van der Waals surface area (Å²) in [6, 6.07) is 0. The van der Waals surface area contributed by atoms with Crippen molar-refractivity contribution >= 4 is 0 Å². The third-order valence-electron chi connectivity index (χ3n) is 2.43. The van der Waals surface area contributed by atoms with E-state index < -0.39 is 0 Å². The van der Waals surface area contributed by atoms with Gasteiger partial charge in [0.05, 0.1) is 0 Å². The van der Waals surface area contributed by atoms with Crippen LogP contribution < -0.4 is 0 Å². The van der Waals surface area contributed by atoms with E-state index in [9.17, 15) is 0 Å². The first-order valence-corrected chi connectivity index (χ1v) is 4.20. The molecule has 0 aromatic heterocycles. The summed E-state index contributed by atoms with van der Waals surface area (Å²) in [4.78, 5) is 0. The van der Waals surface area contributed by atoms with Gasteiger partial charge in [-0.1, -0.05) is 25.5 Å². The van der Waals surface area contributed by atoms with Crippen LogP contribution in [0.1, 0.15) is 33.6 Å². The average Bonchev–Trinajstić information content (AvgIpc) is 1.88. The summed E-state index contributed by atoms with van der Waals surface area (Å²) in [6.07, 6.45) is 7.29. The third-order valence-corrected chi connectivity index (χ3v) is 2.43. The lowest BCUT2D eigenvalue weighted by molar-refractivity contribution is 0.376. The Morgan fingerprint density at radius 3 is 2.50 bits per heavy atom. The molecule has 0 spiro atoms. The maximum absolute atomic E-state index is 2.36. The van der Waals surface area contributed by atoms with E-state index in [0.29, 0.717) is 0 Å². The molecule has 1 atom stereocenters. The van der Waals surface area contributed by atoms with Gasteiger partial charge in [-0.3, -0.25) is 0 Å². The average molecular weight is 137 g/mol. The molecule has 10 heavy (non-hydrogen) atoms. The third kappa shape index (κ3) is 1.86. The summed E-state index contributed by atoms with van der Waals surface area (Å²) in [5.74, 6) is 1.75. The molecule has 1 aliphatic carbocycles. The van der Waals surface area contributed by atoms with Crippen molar-refractivity contribution in [3.63, 3.8) is 0 Å². The second kappa shape index (κ2) is 3.23. The van der Waals surface area contributed by atoms with Gasteiger partial charge < -0.3 is 0 Å². The van der Waals surface area contributed by atoms with Crippen LogP contribution in [0.4, 0.5) is 0 Å². The van der Waals surface area contributed by atoms with Crippen LogP contribution >= 0.6 is 0 Å². The molecular weight excluding hydrogens is 120 g/mol. The van der Waals surface area contributed by atoms with Crippen molar-refractivity contribution < 1.29 is 0 Å². The molecule has 0 heterocycles. The topological polar surface area (TPSA) is 0 Å². The predicted molar refractivity (Wildman–Crippen MR) is 45.6 cm³/mol. The van der Waals surface area contributed by atoms with Crippen molar-refractivity contribution in [3.05, 3.63) is 18.1 Å². The highest BCUT2D eigenvalue weighted by Gasteiger charge is 2.15. The number of hydrogen-bond donors (Lipinski definition) is 0. The number of allylic oxidation sites excluding steroid dienone is 2. The van der Waals surface area contributed by atoms with E-state index in [2.05, 4.69) is 33.3 Å². The lowest BCUT2D eigenvalue weighted by atomic mass is 9.83. The maximum atomic E-state index is 2.36. The van der Waals surface area contributed by atoms with E-state index in [1.165, 1.54) is 18.4 Å². The highest BCUT2D eigenvalue weighted by atomic mass is 14.2. The Labute approximate surface area is 64.3 Å². The summed E-state index contributed by atoms with van der Waals surface area (Å²) >= 11 is 0. The van der Waals surface area contributed by atoms with Crippen LogP contribution in [-0.4, -0.2) is 0 Å². The predicted octanol–water partition coefficient (Wildman–Crippen LogP) is 3.20. The number of hydrogen-bond acceptors (Lipinski definition) is 0. The van der Waals surface area contributed by atoms with Gasteiger partial charge >= 0.3 is 0 Å². The highest BCUT2D eigenvalue weighted by molar-refractivity contribution is 5.14. The van der Waals surface area contributed by atoms with Gasteiger partial charge in [0.15, 0.2) is 0 Å². The zero-order chi connectivity index (χ0) is 7.56. The molecule has 57 valence electrons. The Kier molecular flexibility index (Phi) is 2.53. The minimum atomic E-state index is 0.848. The number of rotatable bonds is 1. The molecule has 0 amide bonds. The normalized spacial score (nSPS) is 26.8. The molecule has 0 bridgehead atoms. The summed E-state index contributed by atoms with van der Waals surface area (Å²) in [6.45, 7) is 6.82. The van der Waals surface area contributed by atoms with Crippen molar-refractivity contribution in [3.8, 4) is 0 Å². The molecule has 0 aromatic carbocycles. The van der Waals surface area contributed by atoms with E-state index in [4.69, 9.17) is 0 Å². The van der Waals surface area contributed by atoms with Crippen molar-refractivity contribution in [2.24, 2.45) is 11.8 Å². The molecule has 0 aromatic rings. The second-order valence-electron chi connectivity index (χ2n) is 3.63. The van der Waals surface area contributed by atoms with Gasteiger partial charge in [-0.15, -0.1) is 0 Å². The van der Waals surface area contributed by atoms with Crippen molar-refractivity contribution in [1.82, 2.24) is 0 Å². The van der Waals surface area contributed by atoms with Gasteiger partial charge in [0, 0.05) is 0 Å². The summed E-state index contributed by atoms with van der Waals surface area (Å²) in [7, 11) is 0. The van der Waals surface area contributed by atoms with Crippen LogP contribution in [-0.2, 0) is 0 Å². The first-order chi connectivity index (χ1) is 4.70. The smallest absolute Gasteiger partial charge is 0.0138 e. The van der Waals surface area contributed by atoms with Gasteiger partial charge in [-0.05, 0) is 38.0 Å². The van der Waals surface area contributed by atoms with E-state index in [-0.39, 0.29) is 0 Å². The van der Waals surface area contributed by atoms with E-state index in [1.807, 2.05) is 0 Å². The SMILES string of the molecule is CC1=CCC(C(C)C)C[CH]1. The molecule has 1 aliphatic rings. The Balaban J connectivity index is 2.42. The molecule has 1 rings (SSSR count). The van der Waals surface area contributed by atoms with E-state index >= 15 is 0 Å². The van der Waals surface area contributed by atoms with Gasteiger partial charge in [-0.25, -0.2) is 0 Å². The summed E-state index contributed by atoms with van der Waals surface area (Å²) in [5.41, 5.74) is 1.47.